The lowest BCUT2D eigenvalue weighted by Gasteiger charge is -2.39. The number of nitrogens with zero attached hydrogens (tertiary/aromatic N) is 6. The van der Waals surface area contributed by atoms with Crippen LogP contribution < -0.4 is 19.2 Å². The maximum atomic E-state index is 13.6. The molecule has 2 aliphatic rings. The van der Waals surface area contributed by atoms with Gasteiger partial charge in [0.25, 0.3) is 22.9 Å². The zero-order chi connectivity index (χ0) is 48.5. The number of hydrogen-bond donors (Lipinski definition) is 2. The summed E-state index contributed by atoms with van der Waals surface area (Å²) >= 11 is 0. The van der Waals surface area contributed by atoms with Crippen LogP contribution in [0.15, 0.2) is 59.5 Å². The second-order valence-electron chi connectivity index (χ2n) is 14.7. The summed E-state index contributed by atoms with van der Waals surface area (Å²) in [6.45, 7) is 4.66. The van der Waals surface area contributed by atoms with Crippen molar-refractivity contribution in [2.24, 2.45) is 11.8 Å². The molecule has 2 aliphatic heterocycles. The first kappa shape index (κ1) is 50.1. The Morgan fingerprint density at radius 3 is 1.59 bits per heavy atom. The molecule has 0 bridgehead atoms. The van der Waals surface area contributed by atoms with Gasteiger partial charge in [-0.25, -0.2) is 58.7 Å². The van der Waals surface area contributed by atoms with E-state index < -0.39 is 91.0 Å². The number of halogens is 4. The Bertz CT molecular complexity index is 2830. The quantitative estimate of drug-likeness (QED) is 0.112. The van der Waals surface area contributed by atoms with Crippen LogP contribution in [0, 0.1) is 34.5 Å². The normalized spacial score (nSPS) is 14.0. The van der Waals surface area contributed by atoms with Gasteiger partial charge in [-0.1, -0.05) is 43.7 Å². The smallest absolute Gasteiger partial charge is 0.340 e. The molecule has 0 unspecified atom stereocenters. The molecular formula is C42H42F4N8O10S2. The number of alkyl halides is 4. The Hall–Kier alpha value is -6.92. The van der Waals surface area contributed by atoms with Crippen molar-refractivity contribution in [2.75, 3.05) is 54.9 Å². The molecule has 2 aromatic carbocycles. The first-order valence-corrected chi connectivity index (χ1v) is 23.3. The predicted molar refractivity (Wildman–Crippen MR) is 227 cm³/mol. The number of esters is 2. The van der Waals surface area contributed by atoms with Crippen LogP contribution in [-0.4, -0.2) is 95.7 Å². The van der Waals surface area contributed by atoms with E-state index in [9.17, 15) is 64.1 Å². The number of fused-ring (bicyclic) bond motifs is 1. The van der Waals surface area contributed by atoms with Crippen LogP contribution in [0.2, 0.25) is 0 Å². The van der Waals surface area contributed by atoms with Crippen LogP contribution in [0.4, 0.5) is 29.2 Å². The van der Waals surface area contributed by atoms with Crippen molar-refractivity contribution in [1.82, 2.24) is 19.4 Å². The number of aromatic nitrogens is 2. The van der Waals surface area contributed by atoms with Crippen molar-refractivity contribution in [3.05, 3.63) is 88.2 Å². The molecule has 0 atom stereocenters. The first-order chi connectivity index (χ1) is 31.3. The van der Waals surface area contributed by atoms with Crippen molar-refractivity contribution in [1.29, 1.82) is 10.5 Å². The van der Waals surface area contributed by atoms with Gasteiger partial charge in [0.1, 0.15) is 35.2 Å². The Morgan fingerprint density at radius 1 is 0.712 bits per heavy atom. The third-order valence-corrected chi connectivity index (χ3v) is 12.8. The van der Waals surface area contributed by atoms with Crippen molar-refractivity contribution in [2.45, 2.75) is 51.4 Å². The summed E-state index contributed by atoms with van der Waals surface area (Å²) in [4.78, 5) is 59.0. The molecule has 66 heavy (non-hydrogen) atoms. The van der Waals surface area contributed by atoms with Crippen molar-refractivity contribution in [3.63, 3.8) is 0 Å². The van der Waals surface area contributed by atoms with Gasteiger partial charge in [0.05, 0.1) is 58.0 Å². The Morgan fingerprint density at radius 2 is 1.17 bits per heavy atom. The van der Waals surface area contributed by atoms with Gasteiger partial charge in [-0.15, -0.1) is 0 Å². The van der Waals surface area contributed by atoms with E-state index in [1.54, 1.807) is 24.3 Å². The number of carbonyl (C=O) groups excluding carboxylic acids is 4. The van der Waals surface area contributed by atoms with Gasteiger partial charge in [-0.3, -0.25) is 14.3 Å². The number of benzene rings is 2. The summed E-state index contributed by atoms with van der Waals surface area (Å²) < 4.78 is 117. The summed E-state index contributed by atoms with van der Waals surface area (Å²) in [6.07, 6.45) is -5.12. The zero-order valence-corrected chi connectivity index (χ0v) is 37.1. The summed E-state index contributed by atoms with van der Waals surface area (Å²) in [5.74, 6) is -5.37. The molecule has 0 aliphatic carbocycles. The molecule has 4 aromatic rings. The highest BCUT2D eigenvalue weighted by atomic mass is 32.2. The second kappa shape index (κ2) is 21.4. The minimum atomic E-state index is -4.14. The minimum absolute atomic E-state index is 0.00174. The summed E-state index contributed by atoms with van der Waals surface area (Å²) in [7, 11) is -7.88. The molecule has 18 nitrogen and oxygen atoms in total. The van der Waals surface area contributed by atoms with E-state index in [1.165, 1.54) is 35.8 Å². The molecule has 2 fully saturated rings. The van der Waals surface area contributed by atoms with Gasteiger partial charge in [-0.2, -0.15) is 10.5 Å². The number of sulfonamides is 2. The monoisotopic (exact) mass is 958 g/mol. The minimum Gasteiger partial charge on any atom is -0.462 e. The van der Waals surface area contributed by atoms with Gasteiger partial charge in [0.2, 0.25) is 21.8 Å². The van der Waals surface area contributed by atoms with Crippen LogP contribution in [0.5, 0.6) is 0 Å². The number of nitriles is 2. The molecule has 6 rings (SSSR count). The van der Waals surface area contributed by atoms with E-state index in [2.05, 4.69) is 9.97 Å². The predicted octanol–water partition coefficient (Wildman–Crippen LogP) is 4.91. The van der Waals surface area contributed by atoms with Crippen LogP contribution >= 0.6 is 0 Å². The van der Waals surface area contributed by atoms with E-state index in [0.29, 0.717) is 18.2 Å². The third-order valence-electron chi connectivity index (χ3n) is 10.1. The lowest BCUT2D eigenvalue weighted by atomic mass is 9.98. The van der Waals surface area contributed by atoms with Crippen molar-refractivity contribution < 1.29 is 63.0 Å². The van der Waals surface area contributed by atoms with E-state index in [0.717, 1.165) is 17.5 Å². The molecular weight excluding hydrogens is 917 g/mol. The SMILES string of the molecule is CCCCS(=O)(=O)NC(=O)C1CN(c2nc(C(F)F)c(C(=O)OCC)cc2C#N)C1.CCOC(=O)c1cc(C#N)c(N2CC(C(=O)NS(=O)(=O)c3ccc4ccccc4c3)C2)nc1C(F)F. The summed E-state index contributed by atoms with van der Waals surface area (Å²) in [5.41, 5.74) is -2.94. The zero-order valence-electron chi connectivity index (χ0n) is 35.5. The number of ether oxygens (including phenoxy) is 2. The first-order valence-electron chi connectivity index (χ1n) is 20.2. The highest BCUT2D eigenvalue weighted by Crippen LogP contribution is 2.34. The number of nitrogens with one attached hydrogen (secondary N) is 2. The number of unbranched alkanes of at least 4 members (excludes halogenated alkanes) is 1. The average molecular weight is 959 g/mol. The Kier molecular flexibility index (Phi) is 16.2. The third kappa shape index (κ3) is 11.7. The number of anilines is 2. The van der Waals surface area contributed by atoms with E-state index >= 15 is 0 Å². The molecule has 2 aromatic heterocycles. The number of hydrogen-bond acceptors (Lipinski definition) is 16. The fourth-order valence-electron chi connectivity index (χ4n) is 6.62. The second-order valence-corrected chi connectivity index (χ2v) is 18.2. The van der Waals surface area contributed by atoms with Gasteiger partial charge in [0, 0.05) is 26.2 Å². The van der Waals surface area contributed by atoms with Gasteiger partial charge < -0.3 is 19.3 Å². The van der Waals surface area contributed by atoms with Gasteiger partial charge in [-0.05, 0) is 55.3 Å². The van der Waals surface area contributed by atoms with Crippen LogP contribution in [-0.2, 0) is 39.1 Å². The molecule has 0 spiro atoms. The van der Waals surface area contributed by atoms with Gasteiger partial charge >= 0.3 is 11.9 Å². The molecule has 2 amide bonds. The lowest BCUT2D eigenvalue weighted by molar-refractivity contribution is -0.124. The number of carbonyl (C=O) groups is 4. The maximum absolute atomic E-state index is 13.6. The van der Waals surface area contributed by atoms with Crippen LogP contribution in [0.25, 0.3) is 10.8 Å². The largest absolute Gasteiger partial charge is 0.462 e. The van der Waals surface area contributed by atoms with Crippen molar-refractivity contribution >= 4 is 66.2 Å². The number of pyridine rings is 2. The fraction of sp³-hybridized carbons (Fsp3) is 0.381. The van der Waals surface area contributed by atoms with Gasteiger partial charge in [0.15, 0.2) is 0 Å². The van der Waals surface area contributed by atoms with Crippen LogP contribution in [0.1, 0.15) is 89.7 Å². The molecule has 0 radical (unpaired) electrons. The highest BCUT2D eigenvalue weighted by molar-refractivity contribution is 7.90. The highest BCUT2D eigenvalue weighted by Gasteiger charge is 2.39. The molecule has 4 heterocycles. The number of amides is 2. The van der Waals surface area contributed by atoms with Crippen LogP contribution in [0.3, 0.4) is 0 Å². The Balaban J connectivity index is 0.000000252. The molecule has 0 saturated carbocycles. The van der Waals surface area contributed by atoms with E-state index in [4.69, 9.17) is 9.47 Å². The standard InChI is InChI=1S/C24H20F2N4O5S.C18H22F2N4O5S/c1-2-35-24(32)19-10-16(11-27)22(28-20(19)21(25)26)30-12-17(13-30)23(31)29-36(33,34)18-8-7-14-5-3-4-6-15(14)9-18;1-3-5-6-30(27,28)23-17(25)12-9-24(10-12)16-11(8-21)7-13(18(26)29-4-2)14(22-16)15(19)20/h3-10,17,21H,2,12-13H2,1H3,(H,29,31);7,12,15H,3-6,9-10H2,1-2H3,(H,23,25). The lowest BCUT2D eigenvalue weighted by Crippen LogP contribution is -2.55. The maximum Gasteiger partial charge on any atom is 0.340 e. The average Bonchev–Trinajstić information content (AvgIpc) is 3.24. The number of rotatable bonds is 16. The fourth-order valence-corrected chi connectivity index (χ4v) is 8.95. The summed E-state index contributed by atoms with van der Waals surface area (Å²) in [5, 5.41) is 20.4. The molecule has 24 heteroatoms. The molecule has 2 N–H and O–H groups in total. The topological polar surface area (TPSA) is 259 Å². The van der Waals surface area contributed by atoms with Crippen molar-refractivity contribution in [3.8, 4) is 12.1 Å². The summed E-state index contributed by atoms with van der Waals surface area (Å²) in [6, 6.07) is 17.2. The molecule has 350 valence electrons. The molecule has 2 saturated heterocycles. The van der Waals surface area contributed by atoms with E-state index in [-0.39, 0.29) is 72.8 Å². The Labute approximate surface area is 376 Å². The van der Waals surface area contributed by atoms with E-state index in [1.807, 2.05) is 34.6 Å².